The van der Waals surface area contributed by atoms with Crippen molar-refractivity contribution in [2.75, 3.05) is 23.3 Å². The average Bonchev–Trinajstić information content (AvgIpc) is 3.39. The van der Waals surface area contributed by atoms with Crippen molar-refractivity contribution < 1.29 is 13.6 Å². The van der Waals surface area contributed by atoms with E-state index >= 15 is 0 Å². The minimum Gasteiger partial charge on any atom is -0.459 e. The van der Waals surface area contributed by atoms with E-state index in [-0.39, 0.29) is 23.4 Å². The van der Waals surface area contributed by atoms with Gasteiger partial charge in [0.15, 0.2) is 5.76 Å². The summed E-state index contributed by atoms with van der Waals surface area (Å²) in [7, 11) is 0. The normalized spacial score (nSPS) is 14.6. The molecule has 7 heteroatoms. The molecule has 0 unspecified atom stereocenters. The molecular formula is C21H20N4O3. The van der Waals surface area contributed by atoms with Crippen LogP contribution in [0, 0.1) is 24.2 Å². The lowest BCUT2D eigenvalue weighted by atomic mass is 9.95. The first-order valence-corrected chi connectivity index (χ1v) is 9.21. The Kier molecular flexibility index (Phi) is 4.85. The summed E-state index contributed by atoms with van der Waals surface area (Å²) < 4.78 is 11.1. The molecule has 0 radical (unpaired) electrons. The fourth-order valence-electron chi connectivity index (χ4n) is 3.33. The zero-order valence-electron chi connectivity index (χ0n) is 15.5. The van der Waals surface area contributed by atoms with Crippen molar-refractivity contribution in [3.8, 4) is 17.7 Å². The van der Waals surface area contributed by atoms with Gasteiger partial charge in [-0.15, -0.1) is 0 Å². The first kappa shape index (κ1) is 17.9. The zero-order chi connectivity index (χ0) is 19.5. The number of piperidine rings is 1. The second kappa shape index (κ2) is 7.61. The van der Waals surface area contributed by atoms with E-state index in [9.17, 15) is 10.1 Å². The van der Waals surface area contributed by atoms with Crippen LogP contribution >= 0.6 is 0 Å². The topological polar surface area (TPSA) is 95.3 Å². The van der Waals surface area contributed by atoms with Crippen molar-refractivity contribution in [1.82, 2.24) is 4.98 Å². The van der Waals surface area contributed by atoms with Gasteiger partial charge in [0.05, 0.1) is 6.26 Å². The van der Waals surface area contributed by atoms with Gasteiger partial charge >= 0.3 is 0 Å². The number of nitriles is 1. The van der Waals surface area contributed by atoms with Gasteiger partial charge < -0.3 is 19.1 Å². The monoisotopic (exact) mass is 376 g/mol. The van der Waals surface area contributed by atoms with Gasteiger partial charge in [-0.1, -0.05) is 17.7 Å². The predicted octanol–water partition coefficient (Wildman–Crippen LogP) is 3.97. The van der Waals surface area contributed by atoms with E-state index in [2.05, 4.69) is 16.4 Å². The smallest absolute Gasteiger partial charge is 0.266 e. The third-order valence-corrected chi connectivity index (χ3v) is 4.92. The van der Waals surface area contributed by atoms with Crippen LogP contribution in [0.5, 0.6) is 0 Å². The molecule has 1 saturated heterocycles. The minimum atomic E-state index is -0.0736. The SMILES string of the molecule is Cc1ccc(NC(=O)C2CCN(c3oc(-c4ccco4)nc3C#N)CC2)cc1. The number of oxazole rings is 1. The maximum absolute atomic E-state index is 12.5. The molecule has 28 heavy (non-hydrogen) atoms. The number of hydrogen-bond donors (Lipinski definition) is 1. The highest BCUT2D eigenvalue weighted by atomic mass is 16.4. The average molecular weight is 376 g/mol. The number of rotatable bonds is 4. The number of hydrogen-bond acceptors (Lipinski definition) is 6. The second-order valence-corrected chi connectivity index (χ2v) is 6.88. The van der Waals surface area contributed by atoms with E-state index in [1.807, 2.05) is 36.1 Å². The summed E-state index contributed by atoms with van der Waals surface area (Å²) in [5.41, 5.74) is 2.19. The number of benzene rings is 1. The van der Waals surface area contributed by atoms with Crippen LogP contribution in [0.25, 0.3) is 11.7 Å². The first-order chi connectivity index (χ1) is 13.6. The number of anilines is 2. The van der Waals surface area contributed by atoms with E-state index in [1.165, 1.54) is 6.26 Å². The highest BCUT2D eigenvalue weighted by Gasteiger charge is 2.29. The number of carbonyl (C=O) groups excluding carboxylic acids is 1. The van der Waals surface area contributed by atoms with Crippen LogP contribution in [-0.4, -0.2) is 24.0 Å². The van der Waals surface area contributed by atoms with Gasteiger partial charge in [0.1, 0.15) is 6.07 Å². The van der Waals surface area contributed by atoms with Gasteiger partial charge in [0.25, 0.3) is 5.89 Å². The van der Waals surface area contributed by atoms with E-state index in [0.29, 0.717) is 37.6 Å². The molecule has 1 fully saturated rings. The van der Waals surface area contributed by atoms with E-state index in [4.69, 9.17) is 8.83 Å². The minimum absolute atomic E-state index is 0.0258. The molecule has 0 aliphatic carbocycles. The van der Waals surface area contributed by atoms with Gasteiger partial charge in [0.2, 0.25) is 17.5 Å². The van der Waals surface area contributed by atoms with Crippen molar-refractivity contribution in [3.63, 3.8) is 0 Å². The standard InChI is InChI=1S/C21H20N4O3/c1-14-4-6-16(7-5-14)23-19(26)15-8-10-25(11-9-15)21-17(13-22)24-20(28-21)18-3-2-12-27-18/h2-7,12,15H,8-11H2,1H3,(H,23,26). The van der Waals surface area contributed by atoms with Gasteiger partial charge in [-0.05, 0) is 44.0 Å². The van der Waals surface area contributed by atoms with E-state index < -0.39 is 0 Å². The number of amides is 1. The summed E-state index contributed by atoms with van der Waals surface area (Å²) >= 11 is 0. The van der Waals surface area contributed by atoms with Crippen LogP contribution in [0.3, 0.4) is 0 Å². The Morgan fingerprint density at radius 1 is 1.25 bits per heavy atom. The Labute approximate surface area is 162 Å². The Morgan fingerprint density at radius 2 is 2.00 bits per heavy atom. The van der Waals surface area contributed by atoms with Gasteiger partial charge in [-0.3, -0.25) is 4.79 Å². The van der Waals surface area contributed by atoms with Crippen LogP contribution in [0.15, 0.2) is 51.5 Å². The Bertz CT molecular complexity index is 991. The summed E-state index contributed by atoms with van der Waals surface area (Å²) in [4.78, 5) is 18.7. The third kappa shape index (κ3) is 3.62. The van der Waals surface area contributed by atoms with Crippen molar-refractivity contribution in [1.29, 1.82) is 5.26 Å². The summed E-state index contributed by atoms with van der Waals surface area (Å²) in [5.74, 6) is 1.16. The van der Waals surface area contributed by atoms with Gasteiger partial charge in [-0.2, -0.15) is 10.2 Å². The Morgan fingerprint density at radius 3 is 2.64 bits per heavy atom. The second-order valence-electron chi connectivity index (χ2n) is 6.88. The molecule has 142 valence electrons. The van der Waals surface area contributed by atoms with Crippen LogP contribution in [0.4, 0.5) is 11.6 Å². The van der Waals surface area contributed by atoms with Gasteiger partial charge in [0, 0.05) is 24.7 Å². The van der Waals surface area contributed by atoms with Crippen molar-refractivity contribution >= 4 is 17.5 Å². The quantitative estimate of drug-likeness (QED) is 0.740. The molecule has 1 N–H and O–H groups in total. The largest absolute Gasteiger partial charge is 0.459 e. The number of aromatic nitrogens is 1. The maximum Gasteiger partial charge on any atom is 0.266 e. The summed E-state index contributed by atoms with van der Waals surface area (Å²) in [5, 5.41) is 12.4. The van der Waals surface area contributed by atoms with Crippen LogP contribution < -0.4 is 10.2 Å². The lowest BCUT2D eigenvalue weighted by Crippen LogP contribution is -2.38. The fraction of sp³-hybridized carbons (Fsp3) is 0.286. The lowest BCUT2D eigenvalue weighted by Gasteiger charge is -2.30. The fourth-order valence-corrected chi connectivity index (χ4v) is 3.33. The molecule has 4 rings (SSSR count). The molecule has 0 atom stereocenters. The van der Waals surface area contributed by atoms with Gasteiger partial charge in [-0.25, -0.2) is 0 Å². The Balaban J connectivity index is 1.41. The van der Waals surface area contributed by atoms with Crippen molar-refractivity contribution in [2.24, 2.45) is 5.92 Å². The maximum atomic E-state index is 12.5. The van der Waals surface area contributed by atoms with Crippen molar-refractivity contribution in [2.45, 2.75) is 19.8 Å². The molecular weight excluding hydrogens is 356 g/mol. The molecule has 0 spiro atoms. The molecule has 2 aromatic heterocycles. The number of aryl methyl sites for hydroxylation is 1. The first-order valence-electron chi connectivity index (χ1n) is 9.21. The molecule has 3 aromatic rings. The summed E-state index contributed by atoms with van der Waals surface area (Å²) in [6, 6.07) is 13.3. The number of nitrogens with one attached hydrogen (secondary N) is 1. The zero-order valence-corrected chi connectivity index (χ0v) is 15.5. The predicted molar refractivity (Wildman–Crippen MR) is 104 cm³/mol. The highest BCUT2D eigenvalue weighted by Crippen LogP contribution is 2.31. The third-order valence-electron chi connectivity index (χ3n) is 4.92. The number of nitrogens with zero attached hydrogens (tertiary/aromatic N) is 3. The van der Waals surface area contributed by atoms with E-state index in [0.717, 1.165) is 11.3 Å². The molecule has 3 heterocycles. The molecule has 1 aliphatic rings. The van der Waals surface area contributed by atoms with Crippen LogP contribution in [0.1, 0.15) is 24.1 Å². The highest BCUT2D eigenvalue weighted by molar-refractivity contribution is 5.92. The molecule has 0 bridgehead atoms. The Hall–Kier alpha value is -3.53. The van der Waals surface area contributed by atoms with Crippen LogP contribution in [0.2, 0.25) is 0 Å². The molecule has 0 saturated carbocycles. The molecule has 7 nitrogen and oxygen atoms in total. The summed E-state index contributed by atoms with van der Waals surface area (Å²) in [6.45, 7) is 3.25. The summed E-state index contributed by atoms with van der Waals surface area (Å²) in [6.07, 6.45) is 2.89. The lowest BCUT2D eigenvalue weighted by molar-refractivity contribution is -0.120. The number of carbonyl (C=O) groups is 1. The molecule has 1 amide bonds. The number of furan rings is 1. The van der Waals surface area contributed by atoms with E-state index in [1.54, 1.807) is 12.1 Å². The molecule has 1 aliphatic heterocycles. The van der Waals surface area contributed by atoms with Crippen molar-refractivity contribution in [3.05, 3.63) is 53.9 Å². The van der Waals surface area contributed by atoms with Crippen LogP contribution in [-0.2, 0) is 4.79 Å². The molecule has 1 aromatic carbocycles.